The van der Waals surface area contributed by atoms with Crippen molar-refractivity contribution in [2.75, 3.05) is 20.7 Å². The second-order valence-electron chi connectivity index (χ2n) is 2.68. The van der Waals surface area contributed by atoms with Gasteiger partial charge in [-0.3, -0.25) is 9.48 Å². The van der Waals surface area contributed by atoms with Gasteiger partial charge in [0.1, 0.15) is 5.56 Å². The number of methoxy groups -OCH3 is 1. The van der Waals surface area contributed by atoms with Crippen LogP contribution < -0.4 is 10.1 Å². The average molecular weight is 183 g/mol. The number of ketones is 1. The molecular weight excluding hydrogens is 170 g/mol. The maximum absolute atomic E-state index is 11.4. The van der Waals surface area contributed by atoms with Crippen LogP contribution in [-0.2, 0) is 7.05 Å². The van der Waals surface area contributed by atoms with Crippen LogP contribution in [0.3, 0.4) is 0 Å². The second kappa shape index (κ2) is 4.04. The maximum atomic E-state index is 11.4. The third-order valence-electron chi connectivity index (χ3n) is 1.63. The predicted octanol–water partition coefficient (Wildman–Crippen LogP) is -0.169. The van der Waals surface area contributed by atoms with E-state index >= 15 is 0 Å². The Morgan fingerprint density at radius 2 is 2.46 bits per heavy atom. The highest BCUT2D eigenvalue weighted by Gasteiger charge is 2.14. The molecule has 13 heavy (non-hydrogen) atoms. The van der Waals surface area contributed by atoms with Gasteiger partial charge in [0.15, 0.2) is 5.78 Å². The Hall–Kier alpha value is -1.36. The van der Waals surface area contributed by atoms with Crippen molar-refractivity contribution in [3.05, 3.63) is 11.8 Å². The minimum atomic E-state index is -0.0209. The first-order valence-corrected chi connectivity index (χ1v) is 3.94. The van der Waals surface area contributed by atoms with Crippen LogP contribution in [0, 0.1) is 0 Å². The summed E-state index contributed by atoms with van der Waals surface area (Å²) >= 11 is 0. The molecule has 72 valence electrons. The first kappa shape index (κ1) is 9.73. The van der Waals surface area contributed by atoms with Crippen LogP contribution in [0.1, 0.15) is 10.4 Å². The molecule has 5 nitrogen and oxygen atoms in total. The molecule has 0 amide bonds. The van der Waals surface area contributed by atoms with Gasteiger partial charge < -0.3 is 10.1 Å². The Morgan fingerprint density at radius 3 is 3.00 bits per heavy atom. The average Bonchev–Trinajstić information content (AvgIpc) is 2.47. The number of aryl methyl sites for hydroxylation is 1. The van der Waals surface area contributed by atoms with Crippen molar-refractivity contribution in [1.29, 1.82) is 0 Å². The summed E-state index contributed by atoms with van der Waals surface area (Å²) in [6, 6.07) is 0. The van der Waals surface area contributed by atoms with Gasteiger partial charge in [-0.25, -0.2) is 0 Å². The Bertz CT molecular complexity index is 306. The van der Waals surface area contributed by atoms with Crippen LogP contribution in [-0.4, -0.2) is 36.3 Å². The standard InChI is InChI=1S/C8H13N3O2/c1-9-4-7(12)6-5-11(2)10-8(6)13-3/h5,9H,4H2,1-3H3. The number of ether oxygens (including phenoxy) is 1. The molecule has 0 aliphatic carbocycles. The first-order chi connectivity index (χ1) is 6.19. The van der Waals surface area contributed by atoms with Crippen LogP contribution in [0.4, 0.5) is 0 Å². The van der Waals surface area contributed by atoms with Gasteiger partial charge in [0.05, 0.1) is 13.7 Å². The third-order valence-corrected chi connectivity index (χ3v) is 1.63. The van der Waals surface area contributed by atoms with E-state index in [1.807, 2.05) is 0 Å². The number of Topliss-reactive ketones (excluding diaryl/α,β-unsaturated/α-hetero) is 1. The third kappa shape index (κ3) is 2.06. The van der Waals surface area contributed by atoms with E-state index < -0.39 is 0 Å². The zero-order valence-electron chi connectivity index (χ0n) is 8.00. The van der Waals surface area contributed by atoms with Gasteiger partial charge in [-0.15, -0.1) is 5.10 Å². The molecule has 0 radical (unpaired) electrons. The summed E-state index contributed by atoms with van der Waals surface area (Å²) in [7, 11) is 4.97. The van der Waals surface area contributed by atoms with Gasteiger partial charge in [0, 0.05) is 13.2 Å². The molecule has 0 aliphatic rings. The molecule has 0 spiro atoms. The van der Waals surface area contributed by atoms with Gasteiger partial charge in [0.2, 0.25) is 5.88 Å². The topological polar surface area (TPSA) is 56.2 Å². The maximum Gasteiger partial charge on any atom is 0.243 e. The molecule has 0 saturated carbocycles. The predicted molar refractivity (Wildman–Crippen MR) is 48.0 cm³/mol. The fourth-order valence-electron chi connectivity index (χ4n) is 1.07. The Morgan fingerprint density at radius 1 is 1.77 bits per heavy atom. The minimum absolute atomic E-state index is 0.0209. The lowest BCUT2D eigenvalue weighted by Gasteiger charge is -1.98. The van der Waals surface area contributed by atoms with Gasteiger partial charge in [-0.05, 0) is 7.05 Å². The van der Waals surface area contributed by atoms with Crippen molar-refractivity contribution in [3.63, 3.8) is 0 Å². The minimum Gasteiger partial charge on any atom is -0.479 e. The summed E-state index contributed by atoms with van der Waals surface area (Å²) in [5.41, 5.74) is 0.513. The summed E-state index contributed by atoms with van der Waals surface area (Å²) in [6.45, 7) is 0.294. The van der Waals surface area contributed by atoms with Crippen molar-refractivity contribution in [2.45, 2.75) is 0 Å². The van der Waals surface area contributed by atoms with Crippen molar-refractivity contribution in [1.82, 2.24) is 15.1 Å². The van der Waals surface area contributed by atoms with Crippen molar-refractivity contribution < 1.29 is 9.53 Å². The number of hydrogen-bond donors (Lipinski definition) is 1. The molecule has 0 atom stereocenters. The molecule has 1 aromatic rings. The molecule has 1 rings (SSSR count). The summed E-state index contributed by atoms with van der Waals surface area (Å²) in [5, 5.41) is 6.76. The Balaban J connectivity index is 2.91. The molecule has 1 aromatic heterocycles. The van der Waals surface area contributed by atoms with E-state index in [9.17, 15) is 4.79 Å². The van der Waals surface area contributed by atoms with Crippen LogP contribution >= 0.6 is 0 Å². The monoisotopic (exact) mass is 183 g/mol. The van der Waals surface area contributed by atoms with Gasteiger partial charge >= 0.3 is 0 Å². The van der Waals surface area contributed by atoms with E-state index in [0.29, 0.717) is 18.0 Å². The van der Waals surface area contributed by atoms with Gasteiger partial charge in [-0.1, -0.05) is 0 Å². The summed E-state index contributed by atoms with van der Waals surface area (Å²) < 4.78 is 6.51. The molecule has 0 bridgehead atoms. The molecule has 1 N–H and O–H groups in total. The van der Waals surface area contributed by atoms with Crippen LogP contribution in [0.5, 0.6) is 5.88 Å². The molecule has 5 heteroatoms. The van der Waals surface area contributed by atoms with Crippen LogP contribution in [0.2, 0.25) is 0 Å². The molecule has 0 fully saturated rings. The number of hydrogen-bond acceptors (Lipinski definition) is 4. The van der Waals surface area contributed by atoms with Gasteiger partial charge in [-0.2, -0.15) is 0 Å². The van der Waals surface area contributed by atoms with E-state index in [1.165, 1.54) is 7.11 Å². The molecule has 0 unspecified atom stereocenters. The summed E-state index contributed by atoms with van der Waals surface area (Å²) in [4.78, 5) is 11.4. The Kier molecular flexibility index (Phi) is 3.02. The highest BCUT2D eigenvalue weighted by atomic mass is 16.5. The molecule has 1 heterocycles. The van der Waals surface area contributed by atoms with Crippen molar-refractivity contribution in [2.24, 2.45) is 7.05 Å². The molecule has 0 saturated heterocycles. The number of nitrogens with one attached hydrogen (secondary N) is 1. The van der Waals surface area contributed by atoms with Crippen molar-refractivity contribution >= 4 is 5.78 Å². The lowest BCUT2D eigenvalue weighted by Crippen LogP contribution is -2.18. The SMILES string of the molecule is CNCC(=O)c1cn(C)nc1OC. The second-order valence-corrected chi connectivity index (χ2v) is 2.68. The molecule has 0 aromatic carbocycles. The van der Waals surface area contributed by atoms with Crippen LogP contribution in [0.15, 0.2) is 6.20 Å². The van der Waals surface area contributed by atoms with E-state index in [4.69, 9.17) is 4.74 Å². The fraction of sp³-hybridized carbons (Fsp3) is 0.500. The zero-order valence-corrected chi connectivity index (χ0v) is 8.00. The smallest absolute Gasteiger partial charge is 0.243 e. The van der Waals surface area contributed by atoms with Gasteiger partial charge in [0.25, 0.3) is 0 Å². The van der Waals surface area contributed by atoms with E-state index in [2.05, 4.69) is 10.4 Å². The number of rotatable bonds is 4. The number of aromatic nitrogens is 2. The fourth-order valence-corrected chi connectivity index (χ4v) is 1.07. The lowest BCUT2D eigenvalue weighted by atomic mass is 10.2. The number of carbonyl (C=O) groups excluding carboxylic acids is 1. The first-order valence-electron chi connectivity index (χ1n) is 3.94. The zero-order chi connectivity index (χ0) is 9.84. The highest BCUT2D eigenvalue weighted by Crippen LogP contribution is 2.14. The van der Waals surface area contributed by atoms with Crippen molar-refractivity contribution in [3.8, 4) is 5.88 Å². The number of nitrogens with zero attached hydrogens (tertiary/aromatic N) is 2. The van der Waals surface area contributed by atoms with E-state index in [0.717, 1.165) is 0 Å². The largest absolute Gasteiger partial charge is 0.479 e. The lowest BCUT2D eigenvalue weighted by molar-refractivity contribution is 0.0990. The number of likely N-dealkylation sites (N-methyl/N-ethyl adjacent to an activating group) is 1. The van der Waals surface area contributed by atoms with E-state index in [1.54, 1.807) is 25.0 Å². The quantitative estimate of drug-likeness (QED) is 0.658. The Labute approximate surface area is 76.7 Å². The normalized spacial score (nSPS) is 10.1. The molecular formula is C8H13N3O2. The number of carbonyl (C=O) groups is 1. The summed E-state index contributed by atoms with van der Waals surface area (Å²) in [5.74, 6) is 0.357. The van der Waals surface area contributed by atoms with E-state index in [-0.39, 0.29) is 5.78 Å². The summed E-state index contributed by atoms with van der Waals surface area (Å²) in [6.07, 6.45) is 1.65. The molecule has 0 aliphatic heterocycles. The highest BCUT2D eigenvalue weighted by molar-refractivity contribution is 5.99. The van der Waals surface area contributed by atoms with Crippen LogP contribution in [0.25, 0.3) is 0 Å².